The van der Waals surface area contributed by atoms with Crippen molar-refractivity contribution in [1.29, 1.82) is 0 Å². The summed E-state index contributed by atoms with van der Waals surface area (Å²) in [6.45, 7) is 18.8. The Kier molecular flexibility index (Phi) is 10.8. The van der Waals surface area contributed by atoms with E-state index in [1.54, 1.807) is 0 Å². The van der Waals surface area contributed by atoms with E-state index in [1.807, 2.05) is 12.3 Å². The number of hydrogen-bond acceptors (Lipinski definition) is 1. The van der Waals surface area contributed by atoms with Crippen LogP contribution in [-0.2, 0) is 0 Å². The first-order chi connectivity index (χ1) is 13.2. The maximum Gasteiger partial charge on any atom is 0.0442 e. The second-order valence-electron chi connectivity index (χ2n) is 9.77. The highest BCUT2D eigenvalue weighted by Crippen LogP contribution is 2.50. The van der Waals surface area contributed by atoms with Crippen molar-refractivity contribution in [2.45, 2.75) is 87.0 Å². The van der Waals surface area contributed by atoms with Crippen molar-refractivity contribution in [2.24, 2.45) is 29.1 Å². The molecule has 3 unspecified atom stereocenters. The molecule has 0 aliphatic heterocycles. The van der Waals surface area contributed by atoms with Gasteiger partial charge in [-0.1, -0.05) is 105 Å². The molecule has 0 saturated carbocycles. The third kappa shape index (κ3) is 7.57. The molecule has 1 aromatic heterocycles. The van der Waals surface area contributed by atoms with E-state index in [4.69, 9.17) is 4.98 Å². The molecule has 158 valence electrons. The lowest BCUT2D eigenvalue weighted by Gasteiger charge is -2.45. The number of pyridine rings is 1. The van der Waals surface area contributed by atoms with E-state index in [0.29, 0.717) is 29.6 Å². The fourth-order valence-electron chi connectivity index (χ4n) is 4.96. The minimum atomic E-state index is 0.182. The molecular formula is C27H45N. The van der Waals surface area contributed by atoms with Gasteiger partial charge in [0, 0.05) is 17.8 Å². The Hall–Kier alpha value is -1.37. The zero-order valence-corrected chi connectivity index (χ0v) is 19.8. The molecule has 0 aliphatic carbocycles. The molecule has 0 amide bonds. The Morgan fingerprint density at radius 1 is 0.964 bits per heavy atom. The summed E-state index contributed by atoms with van der Waals surface area (Å²) in [7, 11) is 0. The van der Waals surface area contributed by atoms with Gasteiger partial charge in [0.15, 0.2) is 0 Å². The van der Waals surface area contributed by atoms with Crippen LogP contribution in [0.4, 0.5) is 0 Å². The van der Waals surface area contributed by atoms with E-state index in [0.717, 1.165) is 0 Å². The van der Waals surface area contributed by atoms with Crippen LogP contribution in [0.15, 0.2) is 48.7 Å². The molecule has 28 heavy (non-hydrogen) atoms. The van der Waals surface area contributed by atoms with E-state index in [1.165, 1.54) is 31.4 Å². The van der Waals surface area contributed by atoms with Gasteiger partial charge in [0.1, 0.15) is 0 Å². The van der Waals surface area contributed by atoms with Gasteiger partial charge in [0.2, 0.25) is 0 Å². The lowest BCUT2D eigenvalue weighted by atomic mass is 9.59. The average Bonchev–Trinajstić information content (AvgIpc) is 2.62. The zero-order chi connectivity index (χ0) is 21.2. The van der Waals surface area contributed by atoms with Crippen LogP contribution in [0.3, 0.4) is 0 Å². The normalized spacial score (nSPS) is 16.4. The molecular weight excluding hydrogens is 338 g/mol. The molecule has 0 radical (unpaired) electrons. The van der Waals surface area contributed by atoms with E-state index >= 15 is 0 Å². The number of hydrogen-bond donors (Lipinski definition) is 0. The van der Waals surface area contributed by atoms with Crippen molar-refractivity contribution < 1.29 is 0 Å². The molecule has 0 aliphatic rings. The van der Waals surface area contributed by atoms with Crippen LogP contribution in [0.2, 0.25) is 0 Å². The standard InChI is InChI=1S/C27H45N/c1-9-10-11-18-24(23(6)17-13-12-16-21(2)3)27(7,8)26(22(4)5)25-19-14-15-20-28-25/h12-17,19-24,26H,9-11,18H2,1-8H3/b16-12-,17-13-. The van der Waals surface area contributed by atoms with Gasteiger partial charge in [0.25, 0.3) is 0 Å². The van der Waals surface area contributed by atoms with Gasteiger partial charge in [0.05, 0.1) is 0 Å². The molecule has 1 nitrogen and oxygen atoms in total. The lowest BCUT2D eigenvalue weighted by molar-refractivity contribution is 0.0922. The summed E-state index contributed by atoms with van der Waals surface area (Å²) in [6.07, 6.45) is 16.3. The highest BCUT2D eigenvalue weighted by molar-refractivity contribution is 5.16. The number of allylic oxidation sites excluding steroid dienone is 4. The van der Waals surface area contributed by atoms with Crippen LogP contribution in [0, 0.1) is 29.1 Å². The maximum atomic E-state index is 4.77. The van der Waals surface area contributed by atoms with Crippen LogP contribution >= 0.6 is 0 Å². The van der Waals surface area contributed by atoms with Crippen molar-refractivity contribution in [2.75, 3.05) is 0 Å². The van der Waals surface area contributed by atoms with E-state index in [2.05, 4.69) is 91.8 Å². The molecule has 0 saturated heterocycles. The van der Waals surface area contributed by atoms with Crippen molar-refractivity contribution >= 4 is 0 Å². The Bertz CT molecular complexity index is 580. The molecule has 0 bridgehead atoms. The summed E-state index contributed by atoms with van der Waals surface area (Å²) in [5.74, 6) is 2.81. The second kappa shape index (κ2) is 12.2. The third-order valence-corrected chi connectivity index (χ3v) is 6.21. The largest absolute Gasteiger partial charge is 0.261 e. The highest BCUT2D eigenvalue weighted by Gasteiger charge is 2.41. The smallest absolute Gasteiger partial charge is 0.0442 e. The molecule has 1 aromatic rings. The van der Waals surface area contributed by atoms with Gasteiger partial charge < -0.3 is 0 Å². The second-order valence-corrected chi connectivity index (χ2v) is 9.77. The number of unbranched alkanes of at least 4 members (excludes halogenated alkanes) is 2. The Morgan fingerprint density at radius 2 is 1.64 bits per heavy atom. The monoisotopic (exact) mass is 383 g/mol. The van der Waals surface area contributed by atoms with Gasteiger partial charge >= 0.3 is 0 Å². The van der Waals surface area contributed by atoms with Crippen LogP contribution in [0.25, 0.3) is 0 Å². The molecule has 3 atom stereocenters. The Labute approximate surface area is 175 Å². The molecule has 1 rings (SSSR count). The summed E-state index contributed by atoms with van der Waals surface area (Å²) in [6, 6.07) is 6.39. The lowest BCUT2D eigenvalue weighted by Crippen LogP contribution is -2.37. The minimum Gasteiger partial charge on any atom is -0.261 e. The quantitative estimate of drug-likeness (QED) is 0.260. The molecule has 0 spiro atoms. The fourth-order valence-corrected chi connectivity index (χ4v) is 4.96. The number of aromatic nitrogens is 1. The average molecular weight is 384 g/mol. The van der Waals surface area contributed by atoms with Crippen LogP contribution < -0.4 is 0 Å². The van der Waals surface area contributed by atoms with Crippen LogP contribution in [-0.4, -0.2) is 4.98 Å². The maximum absolute atomic E-state index is 4.77. The molecule has 0 N–H and O–H groups in total. The third-order valence-electron chi connectivity index (χ3n) is 6.21. The summed E-state index contributed by atoms with van der Waals surface area (Å²) in [5.41, 5.74) is 1.43. The summed E-state index contributed by atoms with van der Waals surface area (Å²) >= 11 is 0. The molecule has 1 heterocycles. The highest BCUT2D eigenvalue weighted by atomic mass is 14.7. The molecule has 0 aromatic carbocycles. The fraction of sp³-hybridized carbons (Fsp3) is 0.667. The van der Waals surface area contributed by atoms with Crippen molar-refractivity contribution in [3.63, 3.8) is 0 Å². The zero-order valence-electron chi connectivity index (χ0n) is 19.8. The van der Waals surface area contributed by atoms with Gasteiger partial charge in [-0.25, -0.2) is 0 Å². The van der Waals surface area contributed by atoms with Gasteiger partial charge in [-0.15, -0.1) is 0 Å². The van der Waals surface area contributed by atoms with Gasteiger partial charge in [-0.3, -0.25) is 4.98 Å². The van der Waals surface area contributed by atoms with Crippen LogP contribution in [0.5, 0.6) is 0 Å². The summed E-state index contributed by atoms with van der Waals surface area (Å²) in [5, 5.41) is 0. The first kappa shape index (κ1) is 24.7. The molecule has 0 fully saturated rings. The van der Waals surface area contributed by atoms with E-state index in [9.17, 15) is 0 Å². The van der Waals surface area contributed by atoms with Crippen molar-refractivity contribution in [1.82, 2.24) is 4.98 Å². The summed E-state index contributed by atoms with van der Waals surface area (Å²) in [4.78, 5) is 4.77. The topological polar surface area (TPSA) is 12.9 Å². The van der Waals surface area contributed by atoms with Gasteiger partial charge in [-0.2, -0.15) is 0 Å². The van der Waals surface area contributed by atoms with E-state index in [-0.39, 0.29) is 5.41 Å². The first-order valence-corrected chi connectivity index (χ1v) is 11.5. The predicted octanol–water partition coefficient (Wildman–Crippen LogP) is 8.45. The summed E-state index contributed by atoms with van der Waals surface area (Å²) < 4.78 is 0. The Balaban J connectivity index is 3.16. The van der Waals surface area contributed by atoms with Gasteiger partial charge in [-0.05, 0) is 47.6 Å². The van der Waals surface area contributed by atoms with Crippen molar-refractivity contribution in [3.05, 3.63) is 54.4 Å². The number of rotatable bonds is 12. The minimum absolute atomic E-state index is 0.182. The SMILES string of the molecule is CCCCCC(C(C)/C=C\C=C/C(C)C)C(C)(C)C(c1ccccn1)C(C)C. The Morgan fingerprint density at radius 3 is 2.18 bits per heavy atom. The molecule has 1 heteroatoms. The van der Waals surface area contributed by atoms with Crippen molar-refractivity contribution in [3.8, 4) is 0 Å². The van der Waals surface area contributed by atoms with Crippen LogP contribution in [0.1, 0.15) is 92.7 Å². The number of nitrogens with zero attached hydrogens (tertiary/aromatic N) is 1. The predicted molar refractivity (Wildman–Crippen MR) is 126 cm³/mol. The van der Waals surface area contributed by atoms with E-state index < -0.39 is 0 Å². The first-order valence-electron chi connectivity index (χ1n) is 11.5.